The molecule has 0 unspecified atom stereocenters. The Morgan fingerprint density at radius 1 is 0.906 bits per heavy atom. The maximum Gasteiger partial charge on any atom is 0.338 e. The Morgan fingerprint density at radius 2 is 1.62 bits per heavy atom. The van der Waals surface area contributed by atoms with Crippen LogP contribution in [0.15, 0.2) is 91.5 Å². The highest BCUT2D eigenvalue weighted by Gasteiger charge is 2.11. The second kappa shape index (κ2) is 10.3. The van der Waals surface area contributed by atoms with Gasteiger partial charge in [0.15, 0.2) is 0 Å². The number of imidazole rings is 1. The number of carbonyl (C=O) groups is 1. The highest BCUT2D eigenvalue weighted by Crippen LogP contribution is 2.18. The van der Waals surface area contributed by atoms with Gasteiger partial charge < -0.3 is 18.8 Å². The quantitative estimate of drug-likeness (QED) is 0.356. The zero-order valence-corrected chi connectivity index (χ0v) is 17.8. The van der Waals surface area contributed by atoms with Gasteiger partial charge in [-0.3, -0.25) is 0 Å². The molecule has 0 saturated heterocycles. The summed E-state index contributed by atoms with van der Waals surface area (Å²) >= 11 is 0. The van der Waals surface area contributed by atoms with E-state index in [-0.39, 0.29) is 5.97 Å². The molecule has 6 nitrogen and oxygen atoms in total. The average molecular weight is 428 g/mol. The van der Waals surface area contributed by atoms with Crippen LogP contribution in [0.2, 0.25) is 0 Å². The molecule has 1 aromatic heterocycles. The standard InChI is InChI=1S/C26H24N2O4/c1-30-26(29)25-5-3-2-4-21(25)18-32-24-10-6-20(7-11-24)14-17-31-23-12-8-22(9-13-23)28-16-15-27-19-28/h2-13,15-16,19H,14,17-18H2,1H3. The van der Waals surface area contributed by atoms with Gasteiger partial charge in [0.2, 0.25) is 0 Å². The van der Waals surface area contributed by atoms with E-state index >= 15 is 0 Å². The van der Waals surface area contributed by atoms with E-state index in [1.54, 1.807) is 24.7 Å². The third-order valence-electron chi connectivity index (χ3n) is 5.04. The third-order valence-corrected chi connectivity index (χ3v) is 5.04. The van der Waals surface area contributed by atoms with Gasteiger partial charge in [0.1, 0.15) is 18.1 Å². The highest BCUT2D eigenvalue weighted by molar-refractivity contribution is 5.90. The zero-order chi connectivity index (χ0) is 22.2. The lowest BCUT2D eigenvalue weighted by Gasteiger charge is -2.11. The Bertz CT molecular complexity index is 1140. The molecule has 0 aliphatic rings. The molecule has 162 valence electrons. The van der Waals surface area contributed by atoms with Crippen LogP contribution < -0.4 is 9.47 Å². The van der Waals surface area contributed by atoms with Gasteiger partial charge in [-0.15, -0.1) is 0 Å². The van der Waals surface area contributed by atoms with Crippen molar-refractivity contribution in [1.82, 2.24) is 9.55 Å². The van der Waals surface area contributed by atoms with Gasteiger partial charge in [-0.1, -0.05) is 30.3 Å². The van der Waals surface area contributed by atoms with E-state index in [1.165, 1.54) is 7.11 Å². The fourth-order valence-electron chi connectivity index (χ4n) is 3.28. The van der Waals surface area contributed by atoms with Gasteiger partial charge >= 0.3 is 5.97 Å². The Labute approximate surface area is 187 Å². The number of ether oxygens (including phenoxy) is 3. The Morgan fingerprint density at radius 3 is 2.34 bits per heavy atom. The molecule has 4 aromatic rings. The van der Waals surface area contributed by atoms with E-state index in [1.807, 2.05) is 71.4 Å². The zero-order valence-electron chi connectivity index (χ0n) is 17.8. The van der Waals surface area contributed by atoms with E-state index in [4.69, 9.17) is 14.2 Å². The number of carbonyl (C=O) groups excluding carboxylic acids is 1. The third kappa shape index (κ3) is 5.35. The molecule has 0 N–H and O–H groups in total. The summed E-state index contributed by atoms with van der Waals surface area (Å²) in [6.45, 7) is 0.875. The predicted octanol–water partition coefficient (Wildman–Crippen LogP) is 4.86. The molecular formula is C26H24N2O4. The van der Waals surface area contributed by atoms with E-state index in [0.29, 0.717) is 18.8 Å². The molecule has 1 heterocycles. The number of benzene rings is 3. The van der Waals surface area contributed by atoms with Gasteiger partial charge in [-0.25, -0.2) is 9.78 Å². The first-order valence-electron chi connectivity index (χ1n) is 10.3. The SMILES string of the molecule is COC(=O)c1ccccc1COc1ccc(CCOc2ccc(-n3ccnc3)cc2)cc1. The summed E-state index contributed by atoms with van der Waals surface area (Å²) in [7, 11) is 1.37. The van der Waals surface area contributed by atoms with Crippen LogP contribution in [-0.4, -0.2) is 29.2 Å². The molecule has 0 amide bonds. The van der Waals surface area contributed by atoms with Crippen molar-refractivity contribution < 1.29 is 19.0 Å². The van der Waals surface area contributed by atoms with Crippen LogP contribution in [-0.2, 0) is 17.8 Å². The first-order valence-corrected chi connectivity index (χ1v) is 10.3. The summed E-state index contributed by atoms with van der Waals surface area (Å²) in [5.41, 5.74) is 3.50. The minimum atomic E-state index is -0.365. The number of methoxy groups -OCH3 is 1. The van der Waals surface area contributed by atoms with Crippen LogP contribution in [0.5, 0.6) is 11.5 Å². The van der Waals surface area contributed by atoms with Crippen LogP contribution in [0.3, 0.4) is 0 Å². The van der Waals surface area contributed by atoms with Crippen molar-refractivity contribution in [3.63, 3.8) is 0 Å². The molecule has 0 spiro atoms. The smallest absolute Gasteiger partial charge is 0.338 e. The Kier molecular flexibility index (Phi) is 6.82. The molecular weight excluding hydrogens is 404 g/mol. The molecule has 0 bridgehead atoms. The van der Waals surface area contributed by atoms with Gasteiger partial charge in [0.05, 0.1) is 25.6 Å². The monoisotopic (exact) mass is 428 g/mol. The van der Waals surface area contributed by atoms with E-state index in [2.05, 4.69) is 4.98 Å². The summed E-state index contributed by atoms with van der Waals surface area (Å²) in [5.74, 6) is 1.21. The van der Waals surface area contributed by atoms with Gasteiger partial charge in [0.25, 0.3) is 0 Å². The molecule has 3 aromatic carbocycles. The lowest BCUT2D eigenvalue weighted by molar-refractivity contribution is 0.0597. The number of aromatic nitrogens is 2. The first kappa shape index (κ1) is 21.2. The molecule has 0 aliphatic heterocycles. The summed E-state index contributed by atoms with van der Waals surface area (Å²) in [6, 6.07) is 23.1. The molecule has 0 fully saturated rings. The van der Waals surface area contributed by atoms with Gasteiger partial charge in [0, 0.05) is 30.1 Å². The largest absolute Gasteiger partial charge is 0.493 e. The van der Waals surface area contributed by atoms with Crippen LogP contribution in [0.4, 0.5) is 0 Å². The molecule has 4 rings (SSSR count). The summed E-state index contributed by atoms with van der Waals surface area (Å²) in [6.07, 6.45) is 6.21. The normalized spacial score (nSPS) is 10.5. The summed E-state index contributed by atoms with van der Waals surface area (Å²) < 4.78 is 18.5. The highest BCUT2D eigenvalue weighted by atomic mass is 16.5. The average Bonchev–Trinajstić information content (AvgIpc) is 3.39. The molecule has 0 saturated carbocycles. The number of hydrogen-bond acceptors (Lipinski definition) is 5. The van der Waals surface area contributed by atoms with Crippen LogP contribution in [0, 0.1) is 0 Å². The minimum Gasteiger partial charge on any atom is -0.493 e. The van der Waals surface area contributed by atoms with Gasteiger partial charge in [-0.2, -0.15) is 0 Å². The summed E-state index contributed by atoms with van der Waals surface area (Å²) in [5, 5.41) is 0. The topological polar surface area (TPSA) is 62.6 Å². The second-order valence-electron chi connectivity index (χ2n) is 7.14. The van der Waals surface area contributed by atoms with Crippen molar-refractivity contribution in [2.75, 3.05) is 13.7 Å². The number of nitrogens with zero attached hydrogens (tertiary/aromatic N) is 2. The fourth-order valence-corrected chi connectivity index (χ4v) is 3.28. The second-order valence-corrected chi connectivity index (χ2v) is 7.14. The van der Waals surface area contributed by atoms with Crippen molar-refractivity contribution in [2.24, 2.45) is 0 Å². The molecule has 0 atom stereocenters. The predicted molar refractivity (Wildman–Crippen MR) is 121 cm³/mol. The van der Waals surface area contributed by atoms with Crippen LogP contribution in [0.1, 0.15) is 21.5 Å². The van der Waals surface area contributed by atoms with Crippen molar-refractivity contribution in [3.05, 3.63) is 108 Å². The van der Waals surface area contributed by atoms with Crippen molar-refractivity contribution >= 4 is 5.97 Å². The molecule has 0 aliphatic carbocycles. The van der Waals surface area contributed by atoms with Crippen LogP contribution >= 0.6 is 0 Å². The van der Waals surface area contributed by atoms with Crippen molar-refractivity contribution in [1.29, 1.82) is 0 Å². The van der Waals surface area contributed by atoms with E-state index in [0.717, 1.165) is 34.7 Å². The maximum absolute atomic E-state index is 11.9. The fraction of sp³-hybridized carbons (Fsp3) is 0.154. The molecule has 6 heteroatoms. The lowest BCUT2D eigenvalue weighted by atomic mass is 10.1. The van der Waals surface area contributed by atoms with Gasteiger partial charge in [-0.05, 0) is 48.0 Å². The molecule has 0 radical (unpaired) electrons. The van der Waals surface area contributed by atoms with Crippen molar-refractivity contribution in [3.8, 4) is 17.2 Å². The minimum absolute atomic E-state index is 0.294. The first-order chi connectivity index (χ1) is 15.7. The van der Waals surface area contributed by atoms with E-state index in [9.17, 15) is 4.79 Å². The number of esters is 1. The molecule has 32 heavy (non-hydrogen) atoms. The van der Waals surface area contributed by atoms with E-state index < -0.39 is 0 Å². The number of hydrogen-bond donors (Lipinski definition) is 0. The number of rotatable bonds is 9. The Balaban J connectivity index is 1.26. The Hall–Kier alpha value is -4.06. The maximum atomic E-state index is 11.9. The summed E-state index contributed by atoms with van der Waals surface area (Å²) in [4.78, 5) is 15.9. The van der Waals surface area contributed by atoms with Crippen molar-refractivity contribution in [2.45, 2.75) is 13.0 Å². The lowest BCUT2D eigenvalue weighted by Crippen LogP contribution is -2.07. The van der Waals surface area contributed by atoms with Crippen LogP contribution in [0.25, 0.3) is 5.69 Å².